The number of fused-ring (bicyclic) bond motifs is 1. The molecule has 0 N–H and O–H groups in total. The van der Waals surface area contributed by atoms with Crippen molar-refractivity contribution in [2.45, 2.75) is 13.8 Å². The predicted molar refractivity (Wildman–Crippen MR) is 72.3 cm³/mol. The molecule has 0 aliphatic rings. The van der Waals surface area contributed by atoms with Crippen LogP contribution in [0.5, 0.6) is 5.75 Å². The van der Waals surface area contributed by atoms with Crippen LogP contribution in [0.1, 0.15) is 10.7 Å². The molecule has 4 nitrogen and oxygen atoms in total. The molecule has 18 heavy (non-hydrogen) atoms. The molecule has 3 rings (SSSR count). The number of hydrogen-bond acceptors (Lipinski definition) is 4. The molecule has 0 saturated carbocycles. The van der Waals surface area contributed by atoms with E-state index < -0.39 is 0 Å². The molecule has 0 fully saturated rings. The number of methoxy groups -OCH3 is 1. The van der Waals surface area contributed by atoms with Crippen LogP contribution in [0.2, 0.25) is 0 Å². The number of thiazole rings is 1. The topological polar surface area (TPSA) is 39.4 Å². The molecule has 0 spiro atoms. The third-order valence-electron chi connectivity index (χ3n) is 2.80. The monoisotopic (exact) mass is 259 g/mol. The number of aromatic nitrogens is 3. The van der Waals surface area contributed by atoms with Crippen LogP contribution in [-0.2, 0) is 0 Å². The lowest BCUT2D eigenvalue weighted by molar-refractivity contribution is 0.417. The Labute approximate surface area is 109 Å². The van der Waals surface area contributed by atoms with E-state index in [2.05, 4.69) is 9.97 Å². The molecule has 5 heteroatoms. The fourth-order valence-electron chi connectivity index (χ4n) is 2.02. The maximum Gasteiger partial charge on any atom is 0.180 e. The Morgan fingerprint density at radius 1 is 1.28 bits per heavy atom. The van der Waals surface area contributed by atoms with Crippen molar-refractivity contribution in [2.24, 2.45) is 0 Å². The highest BCUT2D eigenvalue weighted by Crippen LogP contribution is 2.30. The summed E-state index contributed by atoms with van der Waals surface area (Å²) in [6.45, 7) is 4.03. The second kappa shape index (κ2) is 4.10. The first-order valence-electron chi connectivity index (χ1n) is 5.65. The lowest BCUT2D eigenvalue weighted by atomic mass is 10.3. The van der Waals surface area contributed by atoms with E-state index in [1.165, 1.54) is 0 Å². The van der Waals surface area contributed by atoms with Crippen molar-refractivity contribution in [3.63, 3.8) is 0 Å². The molecule has 0 unspecified atom stereocenters. The highest BCUT2D eigenvalue weighted by atomic mass is 32.1. The first kappa shape index (κ1) is 11.2. The fourth-order valence-corrected chi connectivity index (χ4v) is 2.90. The van der Waals surface area contributed by atoms with Crippen molar-refractivity contribution in [2.75, 3.05) is 7.11 Å². The van der Waals surface area contributed by atoms with Gasteiger partial charge in [-0.05, 0) is 26.0 Å². The normalized spacial score (nSPS) is 11.1. The van der Waals surface area contributed by atoms with Crippen LogP contribution in [-0.4, -0.2) is 21.5 Å². The number of ether oxygens (including phenoxy) is 1. The van der Waals surface area contributed by atoms with Gasteiger partial charge in [-0.15, -0.1) is 11.3 Å². The minimum absolute atomic E-state index is 0.780. The molecule has 0 aliphatic heterocycles. The molecule has 0 aromatic carbocycles. The second-order valence-corrected chi connectivity index (χ2v) is 5.28. The molecule has 3 aromatic heterocycles. The standard InChI is InChI=1S/C13H13N3OS/c1-8-12(18-9(2)14-8)10-7-16-6-4-5-11(17-3)13(16)15-10/h4-7H,1-3H3. The quantitative estimate of drug-likeness (QED) is 0.710. The molecule has 0 aliphatic carbocycles. The Kier molecular flexibility index (Phi) is 2.56. The first-order chi connectivity index (χ1) is 8.69. The summed E-state index contributed by atoms with van der Waals surface area (Å²) >= 11 is 1.67. The van der Waals surface area contributed by atoms with E-state index in [1.807, 2.05) is 42.8 Å². The predicted octanol–water partition coefficient (Wildman–Crippen LogP) is 3.08. The van der Waals surface area contributed by atoms with E-state index in [4.69, 9.17) is 4.74 Å². The first-order valence-corrected chi connectivity index (χ1v) is 6.47. The summed E-state index contributed by atoms with van der Waals surface area (Å²) in [6.07, 6.45) is 3.98. The van der Waals surface area contributed by atoms with Crippen LogP contribution in [0.15, 0.2) is 24.5 Å². The average Bonchev–Trinajstić information content (AvgIpc) is 2.91. The largest absolute Gasteiger partial charge is 0.493 e. The lowest BCUT2D eigenvalue weighted by Crippen LogP contribution is -1.88. The van der Waals surface area contributed by atoms with Gasteiger partial charge in [0, 0.05) is 12.4 Å². The van der Waals surface area contributed by atoms with Crippen LogP contribution in [0, 0.1) is 13.8 Å². The number of rotatable bonds is 2. The van der Waals surface area contributed by atoms with Crippen molar-refractivity contribution in [1.82, 2.24) is 14.4 Å². The fraction of sp³-hybridized carbons (Fsp3) is 0.231. The molecular weight excluding hydrogens is 246 g/mol. The number of hydrogen-bond donors (Lipinski definition) is 0. The SMILES string of the molecule is COc1cccn2cc(-c3sc(C)nc3C)nc12. The summed E-state index contributed by atoms with van der Waals surface area (Å²) in [4.78, 5) is 10.2. The zero-order valence-corrected chi connectivity index (χ0v) is 11.3. The summed E-state index contributed by atoms with van der Waals surface area (Å²) in [5.41, 5.74) is 2.81. The maximum atomic E-state index is 5.32. The van der Waals surface area contributed by atoms with Crippen LogP contribution in [0.3, 0.4) is 0 Å². The number of imidazole rings is 1. The van der Waals surface area contributed by atoms with Crippen LogP contribution in [0.25, 0.3) is 16.2 Å². The Morgan fingerprint density at radius 3 is 2.78 bits per heavy atom. The van der Waals surface area contributed by atoms with Gasteiger partial charge in [-0.1, -0.05) is 0 Å². The average molecular weight is 259 g/mol. The van der Waals surface area contributed by atoms with Gasteiger partial charge in [-0.25, -0.2) is 9.97 Å². The van der Waals surface area contributed by atoms with Crippen LogP contribution < -0.4 is 4.74 Å². The van der Waals surface area contributed by atoms with Gasteiger partial charge >= 0.3 is 0 Å². The van der Waals surface area contributed by atoms with E-state index >= 15 is 0 Å². The van der Waals surface area contributed by atoms with Crippen LogP contribution in [0.4, 0.5) is 0 Å². The lowest BCUT2D eigenvalue weighted by Gasteiger charge is -1.99. The Morgan fingerprint density at radius 2 is 2.11 bits per heavy atom. The minimum atomic E-state index is 0.780. The molecule has 0 radical (unpaired) electrons. The number of nitrogens with zero attached hydrogens (tertiary/aromatic N) is 3. The van der Waals surface area contributed by atoms with Gasteiger partial charge in [-0.3, -0.25) is 0 Å². The van der Waals surface area contributed by atoms with Crippen molar-refractivity contribution in [3.8, 4) is 16.3 Å². The van der Waals surface area contributed by atoms with E-state index in [0.717, 1.165) is 32.7 Å². The van der Waals surface area contributed by atoms with Gasteiger partial charge in [0.1, 0.15) is 5.69 Å². The Bertz CT molecular complexity index is 714. The molecule has 0 atom stereocenters. The Hall–Kier alpha value is -1.88. The van der Waals surface area contributed by atoms with Gasteiger partial charge in [0.15, 0.2) is 11.4 Å². The van der Waals surface area contributed by atoms with Gasteiger partial charge in [0.05, 0.1) is 22.7 Å². The highest BCUT2D eigenvalue weighted by molar-refractivity contribution is 7.15. The van der Waals surface area contributed by atoms with Gasteiger partial charge in [-0.2, -0.15) is 0 Å². The van der Waals surface area contributed by atoms with E-state index in [9.17, 15) is 0 Å². The van der Waals surface area contributed by atoms with Crippen molar-refractivity contribution >= 4 is 17.0 Å². The summed E-state index contributed by atoms with van der Waals surface area (Å²) in [6, 6.07) is 3.86. The Balaban J connectivity index is 2.22. The molecule has 92 valence electrons. The summed E-state index contributed by atoms with van der Waals surface area (Å²) in [7, 11) is 1.66. The molecule has 3 heterocycles. The third-order valence-corrected chi connectivity index (χ3v) is 3.90. The maximum absolute atomic E-state index is 5.32. The highest BCUT2D eigenvalue weighted by Gasteiger charge is 2.13. The zero-order valence-electron chi connectivity index (χ0n) is 10.5. The van der Waals surface area contributed by atoms with E-state index in [0.29, 0.717) is 0 Å². The second-order valence-electron chi connectivity index (χ2n) is 4.08. The van der Waals surface area contributed by atoms with E-state index in [1.54, 1.807) is 18.4 Å². The minimum Gasteiger partial charge on any atom is -0.493 e. The smallest absolute Gasteiger partial charge is 0.180 e. The molecular formula is C13H13N3OS. The molecule has 0 bridgehead atoms. The van der Waals surface area contributed by atoms with Gasteiger partial charge in [0.2, 0.25) is 0 Å². The summed E-state index contributed by atoms with van der Waals surface area (Å²) in [5.74, 6) is 0.780. The van der Waals surface area contributed by atoms with Gasteiger partial charge in [0.25, 0.3) is 0 Å². The van der Waals surface area contributed by atoms with Crippen molar-refractivity contribution in [3.05, 3.63) is 35.2 Å². The van der Waals surface area contributed by atoms with Crippen molar-refractivity contribution < 1.29 is 4.74 Å². The zero-order chi connectivity index (χ0) is 12.7. The number of aryl methyl sites for hydroxylation is 2. The molecule has 3 aromatic rings. The third kappa shape index (κ3) is 1.67. The van der Waals surface area contributed by atoms with E-state index in [-0.39, 0.29) is 0 Å². The van der Waals surface area contributed by atoms with Crippen molar-refractivity contribution in [1.29, 1.82) is 0 Å². The summed E-state index contributed by atoms with van der Waals surface area (Å²) in [5, 5.41) is 1.06. The van der Waals surface area contributed by atoms with Gasteiger partial charge < -0.3 is 9.14 Å². The molecule has 0 amide bonds. The number of pyridine rings is 1. The summed E-state index contributed by atoms with van der Waals surface area (Å²) < 4.78 is 7.29. The molecule has 0 saturated heterocycles. The van der Waals surface area contributed by atoms with Crippen LogP contribution >= 0.6 is 11.3 Å².